The zero-order valence-corrected chi connectivity index (χ0v) is 20.9. The van der Waals surface area contributed by atoms with Gasteiger partial charge in [-0.05, 0) is 82.3 Å². The molecule has 0 bridgehead atoms. The molecule has 0 radical (unpaired) electrons. The van der Waals surface area contributed by atoms with E-state index in [0.29, 0.717) is 37.7 Å². The van der Waals surface area contributed by atoms with Crippen molar-refractivity contribution in [1.82, 2.24) is 0 Å². The second-order valence-corrected chi connectivity index (χ2v) is 12.4. The summed E-state index contributed by atoms with van der Waals surface area (Å²) in [6.45, 7) is 7.66. The van der Waals surface area contributed by atoms with E-state index in [1.165, 1.54) is 6.08 Å². The van der Waals surface area contributed by atoms with E-state index < -0.39 is 28.6 Å². The third-order valence-electron chi connectivity index (χ3n) is 11.4. The lowest BCUT2D eigenvalue weighted by atomic mass is 9.44. The van der Waals surface area contributed by atoms with Crippen LogP contribution in [-0.4, -0.2) is 58.3 Å². The van der Waals surface area contributed by atoms with E-state index in [9.17, 15) is 24.6 Å². The highest BCUT2D eigenvalue weighted by atomic mass is 16.6. The number of hydrogen-bond donors (Lipinski definition) is 2. The number of aliphatic hydroxyl groups is 2. The number of allylic oxidation sites excluding steroid dienone is 1. The molecule has 12 atom stereocenters. The molecule has 1 spiro atoms. The molecule has 190 valence electrons. The van der Waals surface area contributed by atoms with Gasteiger partial charge >= 0.3 is 5.97 Å². The highest BCUT2D eigenvalue weighted by Crippen LogP contribution is 2.72. The SMILES string of the molecule is CC1=C(C)C(=O)OC(C(C)C2C(O)CC3C4CC5OC56C(O)C=CC(=O)C6(C)C4CCC32C=O)C1. The number of aldehydes is 1. The standard InChI is InChI=1S/C28H36O7/c1-13-9-20(34-25(33)14(13)2)15(3)24-19(30)11-18-16-10-23-28(35-23)22(32)6-5-21(31)26(28,4)17(16)7-8-27(18,24)12-29/h5-6,12,15-20,22-24,30,32H,7-11H2,1-4H3. The molecule has 0 aromatic heterocycles. The Balaban J connectivity index is 1.34. The molecule has 2 aliphatic heterocycles. The molecule has 7 heteroatoms. The number of aliphatic hydroxyl groups excluding tert-OH is 2. The van der Waals surface area contributed by atoms with Gasteiger partial charge in [0.25, 0.3) is 0 Å². The quantitative estimate of drug-likeness (QED) is 0.359. The minimum absolute atomic E-state index is 0.00573. The average molecular weight is 485 g/mol. The third kappa shape index (κ3) is 2.70. The molecule has 6 rings (SSSR count). The van der Waals surface area contributed by atoms with Crippen molar-refractivity contribution in [2.75, 3.05) is 0 Å². The van der Waals surface area contributed by atoms with Crippen molar-refractivity contribution in [2.24, 2.45) is 40.4 Å². The lowest BCUT2D eigenvalue weighted by Crippen LogP contribution is -2.64. The number of hydrogen-bond acceptors (Lipinski definition) is 7. The molecule has 4 aliphatic carbocycles. The summed E-state index contributed by atoms with van der Waals surface area (Å²) in [5.74, 6) is -0.867. The molecule has 12 unspecified atom stereocenters. The van der Waals surface area contributed by atoms with Crippen molar-refractivity contribution in [3.05, 3.63) is 23.3 Å². The molecule has 35 heavy (non-hydrogen) atoms. The monoisotopic (exact) mass is 484 g/mol. The van der Waals surface area contributed by atoms with Crippen LogP contribution in [0.25, 0.3) is 0 Å². The van der Waals surface area contributed by atoms with Crippen LogP contribution in [0.2, 0.25) is 0 Å². The highest BCUT2D eigenvalue weighted by Gasteiger charge is 2.80. The molecule has 7 nitrogen and oxygen atoms in total. The van der Waals surface area contributed by atoms with E-state index in [1.54, 1.807) is 13.0 Å². The molecular weight excluding hydrogens is 448 g/mol. The summed E-state index contributed by atoms with van der Waals surface area (Å²) in [6, 6.07) is 0. The van der Waals surface area contributed by atoms with Crippen molar-refractivity contribution >= 4 is 18.0 Å². The number of carbonyl (C=O) groups is 3. The summed E-state index contributed by atoms with van der Waals surface area (Å²) in [6.07, 6.45) is 5.08. The van der Waals surface area contributed by atoms with Crippen molar-refractivity contribution in [3.8, 4) is 0 Å². The maximum atomic E-state index is 13.3. The average Bonchev–Trinajstić information content (AvgIpc) is 3.49. The second-order valence-electron chi connectivity index (χ2n) is 12.4. The van der Waals surface area contributed by atoms with E-state index >= 15 is 0 Å². The summed E-state index contributed by atoms with van der Waals surface area (Å²) in [5.41, 5.74) is -0.787. The van der Waals surface area contributed by atoms with Crippen LogP contribution in [0.3, 0.4) is 0 Å². The Morgan fingerprint density at radius 1 is 1.17 bits per heavy atom. The summed E-state index contributed by atoms with van der Waals surface area (Å²) in [4.78, 5) is 38.7. The minimum atomic E-state index is -0.858. The van der Waals surface area contributed by atoms with Crippen molar-refractivity contribution in [1.29, 1.82) is 0 Å². The smallest absolute Gasteiger partial charge is 0.333 e. The second kappa shape index (κ2) is 7.36. The van der Waals surface area contributed by atoms with Crippen molar-refractivity contribution < 1.29 is 34.1 Å². The molecule has 3 saturated carbocycles. The third-order valence-corrected chi connectivity index (χ3v) is 11.4. The van der Waals surface area contributed by atoms with Crippen molar-refractivity contribution in [3.63, 3.8) is 0 Å². The van der Waals surface area contributed by atoms with Crippen molar-refractivity contribution in [2.45, 2.75) is 89.8 Å². The first kappa shape index (κ1) is 23.6. The van der Waals surface area contributed by atoms with Gasteiger partial charge in [0.2, 0.25) is 0 Å². The van der Waals surface area contributed by atoms with Gasteiger partial charge in [0, 0.05) is 23.3 Å². The first-order valence-electron chi connectivity index (χ1n) is 13.1. The number of ketones is 1. The Bertz CT molecular complexity index is 1060. The Kier molecular flexibility index (Phi) is 4.95. The molecule has 6 aliphatic rings. The Morgan fingerprint density at radius 2 is 1.91 bits per heavy atom. The molecular formula is C28H36O7. The molecule has 2 N–H and O–H groups in total. The van der Waals surface area contributed by atoms with Gasteiger partial charge in [-0.15, -0.1) is 0 Å². The lowest BCUT2D eigenvalue weighted by Gasteiger charge is -2.57. The zero-order chi connectivity index (χ0) is 25.1. The maximum Gasteiger partial charge on any atom is 0.333 e. The van der Waals surface area contributed by atoms with E-state index in [4.69, 9.17) is 9.47 Å². The zero-order valence-electron chi connectivity index (χ0n) is 20.9. The summed E-state index contributed by atoms with van der Waals surface area (Å²) >= 11 is 0. The van der Waals surface area contributed by atoms with Gasteiger partial charge in [-0.2, -0.15) is 0 Å². The van der Waals surface area contributed by atoms with Gasteiger partial charge in [-0.3, -0.25) is 4.79 Å². The number of carbonyl (C=O) groups excluding carboxylic acids is 3. The number of epoxide rings is 1. The van der Waals surface area contributed by atoms with Crippen LogP contribution in [-0.2, 0) is 23.9 Å². The molecule has 0 amide bonds. The first-order valence-corrected chi connectivity index (χ1v) is 13.1. The summed E-state index contributed by atoms with van der Waals surface area (Å²) in [7, 11) is 0. The summed E-state index contributed by atoms with van der Waals surface area (Å²) in [5, 5.41) is 22.2. The minimum Gasteiger partial charge on any atom is -0.458 e. The van der Waals surface area contributed by atoms with Crippen LogP contribution in [0, 0.1) is 40.4 Å². The first-order chi connectivity index (χ1) is 16.5. The topological polar surface area (TPSA) is 113 Å². The number of ether oxygens (including phenoxy) is 2. The van der Waals surface area contributed by atoms with Gasteiger partial charge in [0.1, 0.15) is 24.1 Å². The van der Waals surface area contributed by atoms with Gasteiger partial charge in [-0.1, -0.05) is 12.5 Å². The fourth-order valence-corrected chi connectivity index (χ4v) is 9.44. The summed E-state index contributed by atoms with van der Waals surface area (Å²) < 4.78 is 11.9. The molecule has 2 heterocycles. The number of cyclic esters (lactones) is 1. The van der Waals surface area contributed by atoms with E-state index in [0.717, 1.165) is 11.9 Å². The Hall–Kier alpha value is -1.83. The largest absolute Gasteiger partial charge is 0.458 e. The van der Waals surface area contributed by atoms with E-state index in [2.05, 4.69) is 0 Å². The molecule has 4 fully saturated rings. The molecule has 0 aromatic rings. The van der Waals surface area contributed by atoms with Crippen LogP contribution >= 0.6 is 0 Å². The maximum absolute atomic E-state index is 13.3. The van der Waals surface area contributed by atoms with Crippen LogP contribution in [0.15, 0.2) is 23.3 Å². The molecule has 0 aromatic carbocycles. The number of esters is 1. The van der Waals surface area contributed by atoms with E-state index in [-0.39, 0.29) is 53.6 Å². The fraction of sp³-hybridized carbons (Fsp3) is 0.750. The fourth-order valence-electron chi connectivity index (χ4n) is 9.44. The van der Waals surface area contributed by atoms with Gasteiger partial charge in [0.05, 0.1) is 17.6 Å². The normalized spacial score (nSPS) is 53.2. The van der Waals surface area contributed by atoms with Gasteiger partial charge < -0.3 is 24.5 Å². The van der Waals surface area contributed by atoms with Crippen LogP contribution in [0.5, 0.6) is 0 Å². The predicted molar refractivity (Wildman–Crippen MR) is 125 cm³/mol. The van der Waals surface area contributed by atoms with Crippen LogP contribution < -0.4 is 0 Å². The number of rotatable bonds is 3. The van der Waals surface area contributed by atoms with E-state index in [1.807, 2.05) is 20.8 Å². The Morgan fingerprint density at radius 3 is 2.60 bits per heavy atom. The molecule has 1 saturated heterocycles. The van der Waals surface area contributed by atoms with Crippen LogP contribution in [0.1, 0.15) is 59.8 Å². The van der Waals surface area contributed by atoms with Gasteiger partial charge in [-0.25, -0.2) is 4.79 Å². The lowest BCUT2D eigenvalue weighted by molar-refractivity contribution is -0.159. The van der Waals surface area contributed by atoms with Crippen LogP contribution in [0.4, 0.5) is 0 Å². The highest BCUT2D eigenvalue weighted by molar-refractivity contribution is 5.98. The Labute approximate surface area is 205 Å². The predicted octanol–water partition coefficient (Wildman–Crippen LogP) is 2.53. The van der Waals surface area contributed by atoms with Gasteiger partial charge in [0.15, 0.2) is 5.78 Å². The number of fused-ring (bicyclic) bond motifs is 4.